The third kappa shape index (κ3) is 3.21. The van der Waals surface area contributed by atoms with Crippen molar-refractivity contribution in [2.45, 2.75) is 51.0 Å². The van der Waals surface area contributed by atoms with Gasteiger partial charge in [-0.05, 0) is 47.9 Å². The van der Waals surface area contributed by atoms with E-state index in [1.165, 1.54) is 0 Å². The van der Waals surface area contributed by atoms with Crippen molar-refractivity contribution in [3.63, 3.8) is 0 Å². The summed E-state index contributed by atoms with van der Waals surface area (Å²) >= 11 is 12.6. The number of fused-ring (bicyclic) bond motifs is 2. The van der Waals surface area contributed by atoms with E-state index in [0.717, 1.165) is 29.1 Å². The SMILES string of the molecule is CCC(CC)[C@H]1NC(=O)C[C@@H](C2C=CC=C(Cl)C2)[C@]12C(=O)Nc1cc(Cl)ccc12. The van der Waals surface area contributed by atoms with Crippen LogP contribution in [0.5, 0.6) is 0 Å². The summed E-state index contributed by atoms with van der Waals surface area (Å²) < 4.78 is 0. The molecule has 1 saturated heterocycles. The standard InChI is InChI=1S/C23H26Cl2N2O2/c1-3-13(4-2)21-23(17-9-8-16(25)11-19(17)26-22(23)29)18(12-20(28)27-21)14-6-5-7-15(24)10-14/h5-9,11,13-14,18,21H,3-4,10,12H2,1-2H3,(H,26,29)(H,27,28)/t14?,18-,21+,23-/m0/s1. The zero-order valence-electron chi connectivity index (χ0n) is 16.7. The minimum Gasteiger partial charge on any atom is -0.352 e. The average molecular weight is 433 g/mol. The van der Waals surface area contributed by atoms with E-state index < -0.39 is 5.41 Å². The Morgan fingerprint density at radius 3 is 2.62 bits per heavy atom. The summed E-state index contributed by atoms with van der Waals surface area (Å²) in [7, 11) is 0. The Balaban J connectivity index is 1.92. The molecule has 1 spiro atoms. The van der Waals surface area contributed by atoms with Gasteiger partial charge in [0, 0.05) is 22.2 Å². The van der Waals surface area contributed by atoms with Gasteiger partial charge in [-0.2, -0.15) is 0 Å². The van der Waals surface area contributed by atoms with Crippen molar-refractivity contribution in [2.75, 3.05) is 5.32 Å². The fourth-order valence-corrected chi connectivity index (χ4v) is 6.05. The Morgan fingerprint density at radius 2 is 1.93 bits per heavy atom. The van der Waals surface area contributed by atoms with Crippen molar-refractivity contribution in [1.29, 1.82) is 0 Å². The molecule has 1 unspecified atom stereocenters. The molecule has 29 heavy (non-hydrogen) atoms. The number of amides is 2. The van der Waals surface area contributed by atoms with E-state index in [1.54, 1.807) is 0 Å². The second-order valence-corrected chi connectivity index (χ2v) is 9.23. The van der Waals surface area contributed by atoms with Crippen LogP contribution in [0, 0.1) is 17.8 Å². The van der Waals surface area contributed by atoms with Crippen molar-refractivity contribution in [2.24, 2.45) is 17.8 Å². The van der Waals surface area contributed by atoms with Gasteiger partial charge in [0.2, 0.25) is 11.8 Å². The highest BCUT2D eigenvalue weighted by atomic mass is 35.5. The second-order valence-electron chi connectivity index (χ2n) is 8.31. The number of halogens is 2. The Bertz CT molecular complexity index is 906. The topological polar surface area (TPSA) is 58.2 Å². The second kappa shape index (κ2) is 7.81. The van der Waals surface area contributed by atoms with Crippen LogP contribution in [0.1, 0.15) is 45.1 Å². The van der Waals surface area contributed by atoms with Crippen LogP contribution in [0.2, 0.25) is 5.02 Å². The smallest absolute Gasteiger partial charge is 0.237 e. The highest BCUT2D eigenvalue weighted by molar-refractivity contribution is 6.31. The Hall–Kier alpha value is -1.78. The van der Waals surface area contributed by atoms with Crippen molar-refractivity contribution in [1.82, 2.24) is 5.32 Å². The summed E-state index contributed by atoms with van der Waals surface area (Å²) in [6.07, 6.45) is 8.63. The van der Waals surface area contributed by atoms with E-state index in [0.29, 0.717) is 17.9 Å². The van der Waals surface area contributed by atoms with E-state index in [-0.39, 0.29) is 35.6 Å². The number of rotatable bonds is 4. The quantitative estimate of drug-likeness (QED) is 0.689. The molecule has 1 aliphatic carbocycles. The number of hydrogen-bond acceptors (Lipinski definition) is 2. The predicted octanol–water partition coefficient (Wildman–Crippen LogP) is 5.17. The average Bonchev–Trinajstić information content (AvgIpc) is 2.96. The van der Waals surface area contributed by atoms with E-state index in [4.69, 9.17) is 23.2 Å². The van der Waals surface area contributed by atoms with Gasteiger partial charge in [-0.15, -0.1) is 0 Å². The lowest BCUT2D eigenvalue weighted by Gasteiger charge is -2.51. The molecule has 1 aromatic rings. The van der Waals surface area contributed by atoms with Crippen LogP contribution in [0.4, 0.5) is 5.69 Å². The first-order chi connectivity index (χ1) is 13.9. The molecule has 1 aromatic carbocycles. The molecule has 3 aliphatic rings. The molecule has 0 bridgehead atoms. The zero-order valence-corrected chi connectivity index (χ0v) is 18.2. The van der Waals surface area contributed by atoms with Crippen LogP contribution in [-0.2, 0) is 15.0 Å². The molecule has 4 nitrogen and oxygen atoms in total. The molecule has 2 N–H and O–H groups in total. The minimum absolute atomic E-state index is 0.00631. The van der Waals surface area contributed by atoms with Crippen molar-refractivity contribution in [3.05, 3.63) is 52.0 Å². The zero-order chi connectivity index (χ0) is 20.8. The third-order valence-corrected chi connectivity index (χ3v) is 7.47. The van der Waals surface area contributed by atoms with Crippen molar-refractivity contribution in [3.8, 4) is 0 Å². The van der Waals surface area contributed by atoms with Crippen LogP contribution >= 0.6 is 23.2 Å². The number of nitrogens with one attached hydrogen (secondary N) is 2. The molecule has 1 fully saturated rings. The molecule has 0 aromatic heterocycles. The molecule has 2 aliphatic heterocycles. The maximum Gasteiger partial charge on any atom is 0.237 e. The van der Waals surface area contributed by atoms with Crippen LogP contribution < -0.4 is 10.6 Å². The van der Waals surface area contributed by atoms with Crippen molar-refractivity contribution >= 4 is 40.7 Å². The number of piperidine rings is 1. The van der Waals surface area contributed by atoms with Gasteiger partial charge in [-0.25, -0.2) is 0 Å². The number of hydrogen-bond donors (Lipinski definition) is 2. The molecule has 2 heterocycles. The lowest BCUT2D eigenvalue weighted by Crippen LogP contribution is -2.66. The largest absolute Gasteiger partial charge is 0.352 e. The van der Waals surface area contributed by atoms with Crippen molar-refractivity contribution < 1.29 is 9.59 Å². The van der Waals surface area contributed by atoms with Crippen LogP contribution in [0.25, 0.3) is 0 Å². The summed E-state index contributed by atoms with van der Waals surface area (Å²) in [6, 6.07) is 5.33. The summed E-state index contributed by atoms with van der Waals surface area (Å²) in [6.45, 7) is 4.24. The van der Waals surface area contributed by atoms with Crippen LogP contribution in [-0.4, -0.2) is 17.9 Å². The van der Waals surface area contributed by atoms with E-state index >= 15 is 0 Å². The summed E-state index contributed by atoms with van der Waals surface area (Å²) in [5.74, 6) is -0.0129. The lowest BCUT2D eigenvalue weighted by molar-refractivity contribution is -0.136. The lowest BCUT2D eigenvalue weighted by atomic mass is 9.55. The van der Waals surface area contributed by atoms with Gasteiger partial charge in [-0.1, -0.05) is 68.1 Å². The van der Waals surface area contributed by atoms with Gasteiger partial charge in [0.15, 0.2) is 0 Å². The van der Waals surface area contributed by atoms with Gasteiger partial charge in [0.05, 0.1) is 6.04 Å². The van der Waals surface area contributed by atoms with Gasteiger partial charge >= 0.3 is 0 Å². The van der Waals surface area contributed by atoms with Gasteiger partial charge in [0.25, 0.3) is 0 Å². The van der Waals surface area contributed by atoms with Crippen LogP contribution in [0.3, 0.4) is 0 Å². The molecule has 0 radical (unpaired) electrons. The number of anilines is 1. The normalized spacial score (nSPS) is 30.9. The van der Waals surface area contributed by atoms with Crippen LogP contribution in [0.15, 0.2) is 41.5 Å². The highest BCUT2D eigenvalue weighted by Crippen LogP contribution is 2.55. The molecular formula is C23H26Cl2N2O2. The number of carbonyl (C=O) groups excluding carboxylic acids is 2. The first kappa shape index (κ1) is 20.5. The van der Waals surface area contributed by atoms with Gasteiger partial charge in [-0.3, -0.25) is 9.59 Å². The van der Waals surface area contributed by atoms with Gasteiger partial charge < -0.3 is 10.6 Å². The number of allylic oxidation sites excluding steroid dienone is 4. The molecule has 0 saturated carbocycles. The Labute approximate surface area is 181 Å². The summed E-state index contributed by atoms with van der Waals surface area (Å²) in [5.41, 5.74) is 0.850. The summed E-state index contributed by atoms with van der Waals surface area (Å²) in [4.78, 5) is 26.6. The highest BCUT2D eigenvalue weighted by Gasteiger charge is 2.62. The molecule has 6 heteroatoms. The monoisotopic (exact) mass is 432 g/mol. The Kier molecular flexibility index (Phi) is 5.52. The molecule has 4 rings (SSSR count). The first-order valence-corrected chi connectivity index (χ1v) is 11.1. The predicted molar refractivity (Wildman–Crippen MR) is 117 cm³/mol. The fraction of sp³-hybridized carbons (Fsp3) is 0.478. The number of carbonyl (C=O) groups is 2. The third-order valence-electron chi connectivity index (χ3n) is 6.95. The van der Waals surface area contributed by atoms with E-state index in [2.05, 4.69) is 30.6 Å². The maximum atomic E-state index is 13.7. The molecule has 4 atom stereocenters. The Morgan fingerprint density at radius 1 is 1.17 bits per heavy atom. The number of benzene rings is 1. The molecular weight excluding hydrogens is 407 g/mol. The van der Waals surface area contributed by atoms with E-state index in [1.807, 2.05) is 30.4 Å². The summed E-state index contributed by atoms with van der Waals surface area (Å²) in [5, 5.41) is 7.63. The first-order valence-electron chi connectivity index (χ1n) is 10.3. The molecule has 154 valence electrons. The van der Waals surface area contributed by atoms with E-state index in [9.17, 15) is 9.59 Å². The van der Waals surface area contributed by atoms with Gasteiger partial charge in [0.1, 0.15) is 5.41 Å². The molecule has 2 amide bonds. The maximum absolute atomic E-state index is 13.7. The minimum atomic E-state index is -0.839. The fourth-order valence-electron chi connectivity index (χ4n) is 5.62.